The van der Waals surface area contributed by atoms with Crippen molar-refractivity contribution >= 4 is 18.0 Å². The summed E-state index contributed by atoms with van der Waals surface area (Å²) in [6.07, 6.45) is 4.44. The Balaban J connectivity index is 2.52. The Morgan fingerprint density at radius 3 is 2.71 bits per heavy atom. The molecule has 1 saturated carbocycles. The monoisotopic (exact) mass is 211 g/mol. The number of nitrogens with two attached hydrogens (primary N) is 1. The Morgan fingerprint density at radius 1 is 1.50 bits per heavy atom. The molecule has 1 heterocycles. The Kier molecular flexibility index (Phi) is 2.41. The molecule has 1 aromatic heterocycles. The van der Waals surface area contributed by atoms with Crippen LogP contribution < -0.4 is 11.3 Å². The quantitative estimate of drug-likeness (QED) is 0.693. The fraction of sp³-hybridized carbons (Fsp3) is 0.556. The summed E-state index contributed by atoms with van der Waals surface area (Å²) >= 11 is 5.09. The van der Waals surface area contributed by atoms with E-state index in [4.69, 9.17) is 18.0 Å². The lowest BCUT2D eigenvalue weighted by molar-refractivity contribution is 0.489. The first-order valence-corrected chi connectivity index (χ1v) is 5.20. The van der Waals surface area contributed by atoms with Crippen molar-refractivity contribution in [1.82, 2.24) is 9.55 Å². The third-order valence-corrected chi connectivity index (χ3v) is 2.98. The second-order valence-electron chi connectivity index (χ2n) is 3.68. The van der Waals surface area contributed by atoms with Crippen molar-refractivity contribution in [1.29, 1.82) is 0 Å². The summed E-state index contributed by atoms with van der Waals surface area (Å²) in [6, 6.07) is 1.67. The van der Waals surface area contributed by atoms with Crippen LogP contribution >= 0.6 is 12.2 Å². The molecule has 1 aliphatic rings. The van der Waals surface area contributed by atoms with Gasteiger partial charge in [-0.15, -0.1) is 0 Å². The van der Waals surface area contributed by atoms with Gasteiger partial charge in [0, 0.05) is 12.1 Å². The van der Waals surface area contributed by atoms with Gasteiger partial charge >= 0.3 is 0 Å². The summed E-state index contributed by atoms with van der Waals surface area (Å²) in [5.74, 6) is 0.342. The van der Waals surface area contributed by atoms with Gasteiger partial charge in [0.15, 0.2) is 4.77 Å². The Labute approximate surface area is 86.8 Å². The number of anilines is 1. The minimum atomic E-state index is -0.0850. The molecule has 4 nitrogen and oxygen atoms in total. The van der Waals surface area contributed by atoms with E-state index in [9.17, 15) is 4.79 Å². The van der Waals surface area contributed by atoms with Gasteiger partial charge in [-0.25, -0.2) is 0 Å². The van der Waals surface area contributed by atoms with E-state index in [0.29, 0.717) is 10.6 Å². The highest BCUT2D eigenvalue weighted by Gasteiger charge is 2.18. The normalized spacial score (nSPS) is 17.4. The van der Waals surface area contributed by atoms with Gasteiger partial charge in [0.25, 0.3) is 5.56 Å². The standard InChI is InChI=1S/C9H13N3OS/c10-7-5-8(13)12(9(14)11-7)6-3-1-2-4-6/h5-6H,1-4,10H2,(H,11,14). The number of nitrogen functional groups attached to an aromatic ring is 1. The van der Waals surface area contributed by atoms with E-state index >= 15 is 0 Å². The molecule has 5 heteroatoms. The lowest BCUT2D eigenvalue weighted by Crippen LogP contribution is -2.25. The number of aromatic amines is 1. The number of rotatable bonds is 1. The summed E-state index contributed by atoms with van der Waals surface area (Å²) < 4.78 is 2.10. The number of aromatic nitrogens is 2. The van der Waals surface area contributed by atoms with Gasteiger partial charge in [0.2, 0.25) is 0 Å². The molecule has 14 heavy (non-hydrogen) atoms. The van der Waals surface area contributed by atoms with Gasteiger partial charge in [-0.1, -0.05) is 12.8 Å². The lowest BCUT2D eigenvalue weighted by atomic mass is 10.2. The zero-order valence-corrected chi connectivity index (χ0v) is 8.64. The topological polar surface area (TPSA) is 63.8 Å². The van der Waals surface area contributed by atoms with E-state index in [1.807, 2.05) is 0 Å². The van der Waals surface area contributed by atoms with E-state index in [2.05, 4.69) is 4.98 Å². The van der Waals surface area contributed by atoms with Crippen molar-refractivity contribution in [2.45, 2.75) is 31.7 Å². The van der Waals surface area contributed by atoms with Gasteiger partial charge in [0.1, 0.15) is 5.82 Å². The van der Waals surface area contributed by atoms with Crippen LogP contribution in [0.3, 0.4) is 0 Å². The predicted octanol–water partition coefficient (Wildman–Crippen LogP) is 1.60. The third kappa shape index (κ3) is 1.59. The highest BCUT2D eigenvalue weighted by molar-refractivity contribution is 7.71. The second-order valence-corrected chi connectivity index (χ2v) is 4.06. The average Bonchev–Trinajstić information content (AvgIpc) is 2.54. The first kappa shape index (κ1) is 9.45. The molecule has 3 N–H and O–H groups in total. The summed E-state index contributed by atoms with van der Waals surface area (Å²) in [7, 11) is 0. The molecule has 0 aromatic carbocycles. The second kappa shape index (κ2) is 3.57. The highest BCUT2D eigenvalue weighted by Crippen LogP contribution is 2.28. The van der Waals surface area contributed by atoms with E-state index in [-0.39, 0.29) is 11.6 Å². The summed E-state index contributed by atoms with van der Waals surface area (Å²) in [6.45, 7) is 0. The molecule has 0 radical (unpaired) electrons. The number of hydrogen-bond donors (Lipinski definition) is 2. The van der Waals surface area contributed by atoms with E-state index < -0.39 is 0 Å². The molecule has 0 bridgehead atoms. The van der Waals surface area contributed by atoms with Gasteiger partial charge < -0.3 is 10.7 Å². The predicted molar refractivity (Wildman–Crippen MR) is 57.8 cm³/mol. The van der Waals surface area contributed by atoms with Gasteiger partial charge in [-0.2, -0.15) is 0 Å². The van der Waals surface area contributed by atoms with Crippen molar-refractivity contribution in [2.75, 3.05) is 5.73 Å². The fourth-order valence-corrected chi connectivity index (χ4v) is 2.39. The molecule has 0 amide bonds. The highest BCUT2D eigenvalue weighted by atomic mass is 32.1. The lowest BCUT2D eigenvalue weighted by Gasteiger charge is -2.13. The number of H-pyrrole nitrogens is 1. The van der Waals surface area contributed by atoms with Crippen LogP contribution in [0.1, 0.15) is 31.7 Å². The molecule has 0 aliphatic heterocycles. The first-order valence-electron chi connectivity index (χ1n) is 4.80. The van der Waals surface area contributed by atoms with Crippen LogP contribution in [0.4, 0.5) is 5.82 Å². The smallest absolute Gasteiger partial charge is 0.256 e. The van der Waals surface area contributed by atoms with Gasteiger partial charge in [0.05, 0.1) is 0 Å². The zero-order chi connectivity index (χ0) is 10.1. The molecule has 2 rings (SSSR count). The Morgan fingerprint density at radius 2 is 2.14 bits per heavy atom. The average molecular weight is 211 g/mol. The first-order chi connectivity index (χ1) is 6.68. The van der Waals surface area contributed by atoms with E-state index in [0.717, 1.165) is 12.8 Å². The minimum Gasteiger partial charge on any atom is -0.385 e. The molecule has 0 saturated heterocycles. The fourth-order valence-electron chi connectivity index (χ4n) is 2.03. The molecule has 1 aromatic rings. The van der Waals surface area contributed by atoms with E-state index in [1.54, 1.807) is 4.57 Å². The number of nitrogens with one attached hydrogen (secondary N) is 1. The summed E-state index contributed by atoms with van der Waals surface area (Å²) in [4.78, 5) is 14.5. The molecule has 0 unspecified atom stereocenters. The maximum Gasteiger partial charge on any atom is 0.256 e. The van der Waals surface area contributed by atoms with Gasteiger partial charge in [-0.3, -0.25) is 9.36 Å². The molecule has 1 aliphatic carbocycles. The van der Waals surface area contributed by atoms with Crippen LogP contribution in [-0.4, -0.2) is 9.55 Å². The molecule has 0 spiro atoms. The van der Waals surface area contributed by atoms with E-state index in [1.165, 1.54) is 18.9 Å². The maximum absolute atomic E-state index is 11.6. The van der Waals surface area contributed by atoms with Gasteiger partial charge in [-0.05, 0) is 25.1 Å². The third-order valence-electron chi connectivity index (χ3n) is 2.68. The SMILES string of the molecule is Nc1cc(=O)n(C2CCCC2)c(=S)[nH]1. The maximum atomic E-state index is 11.6. The molecular formula is C9H13N3OS. The summed E-state index contributed by atoms with van der Waals surface area (Å²) in [5, 5.41) is 0. The van der Waals surface area contributed by atoms with Crippen LogP contribution in [0.5, 0.6) is 0 Å². The number of nitrogens with zero attached hydrogens (tertiary/aromatic N) is 1. The van der Waals surface area contributed by atoms with Crippen LogP contribution in [0.2, 0.25) is 0 Å². The molecular weight excluding hydrogens is 198 g/mol. The number of hydrogen-bond acceptors (Lipinski definition) is 3. The van der Waals surface area contributed by atoms with Crippen LogP contribution in [0.25, 0.3) is 0 Å². The van der Waals surface area contributed by atoms with Crippen molar-refractivity contribution < 1.29 is 0 Å². The van der Waals surface area contributed by atoms with Crippen LogP contribution in [0, 0.1) is 4.77 Å². The van der Waals surface area contributed by atoms with Crippen molar-refractivity contribution in [3.05, 3.63) is 21.2 Å². The van der Waals surface area contributed by atoms with Crippen molar-refractivity contribution in [2.24, 2.45) is 0 Å². The largest absolute Gasteiger partial charge is 0.385 e. The minimum absolute atomic E-state index is 0.0850. The summed E-state index contributed by atoms with van der Waals surface area (Å²) in [5.41, 5.74) is 5.41. The van der Waals surface area contributed by atoms with Crippen molar-refractivity contribution in [3.8, 4) is 0 Å². The molecule has 0 atom stereocenters. The van der Waals surface area contributed by atoms with Crippen LogP contribution in [-0.2, 0) is 0 Å². The van der Waals surface area contributed by atoms with Crippen LogP contribution in [0.15, 0.2) is 10.9 Å². The zero-order valence-electron chi connectivity index (χ0n) is 7.82. The Hall–Kier alpha value is -1.10. The Bertz CT molecular complexity index is 411. The van der Waals surface area contributed by atoms with Crippen molar-refractivity contribution in [3.63, 3.8) is 0 Å². The molecule has 76 valence electrons. The molecule has 1 fully saturated rings.